The number of benzene rings is 1. The second-order valence-electron chi connectivity index (χ2n) is 7.71. The SMILES string of the molecule is CC1(C)C2CN(C(=O)NC(CCC(=O)O)Cc3ccccc3)CC21. The molecule has 1 aliphatic heterocycles. The first-order chi connectivity index (χ1) is 11.4. The Hall–Kier alpha value is -2.04. The molecule has 5 heteroatoms. The minimum Gasteiger partial charge on any atom is -0.481 e. The Kier molecular flexibility index (Phi) is 4.52. The molecule has 24 heavy (non-hydrogen) atoms. The van der Waals surface area contributed by atoms with Crippen molar-refractivity contribution < 1.29 is 14.7 Å². The van der Waals surface area contributed by atoms with Gasteiger partial charge in [0.1, 0.15) is 0 Å². The van der Waals surface area contributed by atoms with Gasteiger partial charge < -0.3 is 15.3 Å². The highest BCUT2D eigenvalue weighted by Crippen LogP contribution is 2.61. The molecule has 3 atom stereocenters. The number of amides is 2. The molecule has 1 saturated carbocycles. The lowest BCUT2D eigenvalue weighted by atomic mass is 10.0. The minimum atomic E-state index is -0.827. The van der Waals surface area contributed by atoms with E-state index in [0.29, 0.717) is 30.1 Å². The second-order valence-corrected chi connectivity index (χ2v) is 7.71. The summed E-state index contributed by atoms with van der Waals surface area (Å²) >= 11 is 0. The number of aliphatic carboxylic acids is 1. The molecule has 2 fully saturated rings. The van der Waals surface area contributed by atoms with Crippen molar-refractivity contribution in [2.24, 2.45) is 17.3 Å². The second kappa shape index (κ2) is 6.46. The number of carbonyl (C=O) groups is 2. The van der Waals surface area contributed by atoms with Crippen LogP contribution < -0.4 is 5.32 Å². The Morgan fingerprint density at radius 1 is 1.25 bits per heavy atom. The maximum Gasteiger partial charge on any atom is 0.317 e. The number of piperidine rings is 1. The van der Waals surface area contributed by atoms with Crippen molar-refractivity contribution in [2.45, 2.75) is 39.2 Å². The van der Waals surface area contributed by atoms with E-state index in [4.69, 9.17) is 5.11 Å². The van der Waals surface area contributed by atoms with Crippen LogP contribution in [-0.4, -0.2) is 41.1 Å². The molecule has 0 spiro atoms. The van der Waals surface area contributed by atoms with Crippen molar-refractivity contribution in [3.63, 3.8) is 0 Å². The van der Waals surface area contributed by atoms with Crippen LogP contribution >= 0.6 is 0 Å². The van der Waals surface area contributed by atoms with Gasteiger partial charge >= 0.3 is 12.0 Å². The van der Waals surface area contributed by atoms with Gasteiger partial charge in [-0.1, -0.05) is 44.2 Å². The van der Waals surface area contributed by atoms with Crippen molar-refractivity contribution >= 4 is 12.0 Å². The third-order valence-corrected chi connectivity index (χ3v) is 5.77. The van der Waals surface area contributed by atoms with Crippen LogP contribution in [-0.2, 0) is 11.2 Å². The fraction of sp³-hybridized carbons (Fsp3) is 0.579. The van der Waals surface area contributed by atoms with Crippen LogP contribution in [0, 0.1) is 17.3 Å². The Bertz CT molecular complexity index is 600. The molecular weight excluding hydrogens is 304 g/mol. The van der Waals surface area contributed by atoms with Crippen LogP contribution in [0.5, 0.6) is 0 Å². The van der Waals surface area contributed by atoms with Gasteiger partial charge in [0.15, 0.2) is 0 Å². The van der Waals surface area contributed by atoms with Crippen LogP contribution in [0.1, 0.15) is 32.3 Å². The molecule has 0 radical (unpaired) electrons. The van der Waals surface area contributed by atoms with Crippen LogP contribution in [0.4, 0.5) is 4.79 Å². The summed E-state index contributed by atoms with van der Waals surface area (Å²) in [6, 6.07) is 9.68. The summed E-state index contributed by atoms with van der Waals surface area (Å²) in [5.74, 6) is 0.413. The van der Waals surface area contributed by atoms with Gasteiger partial charge in [-0.2, -0.15) is 0 Å². The van der Waals surface area contributed by atoms with Crippen molar-refractivity contribution in [1.29, 1.82) is 0 Å². The number of hydrogen-bond acceptors (Lipinski definition) is 2. The van der Waals surface area contributed by atoms with E-state index in [1.807, 2.05) is 35.2 Å². The lowest BCUT2D eigenvalue weighted by molar-refractivity contribution is -0.137. The lowest BCUT2D eigenvalue weighted by Gasteiger charge is -2.26. The van der Waals surface area contributed by atoms with Crippen molar-refractivity contribution in [3.05, 3.63) is 35.9 Å². The largest absolute Gasteiger partial charge is 0.481 e. The Balaban J connectivity index is 1.57. The third-order valence-electron chi connectivity index (χ3n) is 5.77. The highest BCUT2D eigenvalue weighted by molar-refractivity contribution is 5.75. The Morgan fingerprint density at radius 3 is 2.46 bits per heavy atom. The smallest absolute Gasteiger partial charge is 0.317 e. The number of carbonyl (C=O) groups excluding carboxylic acids is 1. The summed E-state index contributed by atoms with van der Waals surface area (Å²) in [5.41, 5.74) is 1.49. The summed E-state index contributed by atoms with van der Waals surface area (Å²) in [5, 5.41) is 12.0. The predicted molar refractivity (Wildman–Crippen MR) is 91.7 cm³/mol. The maximum absolute atomic E-state index is 12.5. The molecule has 0 aromatic heterocycles. The maximum atomic E-state index is 12.5. The van der Waals surface area contributed by atoms with E-state index < -0.39 is 5.97 Å². The number of nitrogens with one attached hydrogen (secondary N) is 1. The van der Waals surface area contributed by atoms with Gasteiger partial charge in [0, 0.05) is 25.6 Å². The molecule has 1 aromatic carbocycles. The molecule has 5 nitrogen and oxygen atoms in total. The van der Waals surface area contributed by atoms with Crippen LogP contribution in [0.2, 0.25) is 0 Å². The highest BCUT2D eigenvalue weighted by Gasteiger charge is 2.62. The molecule has 3 unspecified atom stereocenters. The fourth-order valence-electron chi connectivity index (χ4n) is 3.99. The third kappa shape index (κ3) is 3.55. The quantitative estimate of drug-likeness (QED) is 0.842. The van der Waals surface area contributed by atoms with Crippen LogP contribution in [0.3, 0.4) is 0 Å². The molecule has 3 rings (SSSR count). The molecule has 1 saturated heterocycles. The average molecular weight is 330 g/mol. The zero-order valence-electron chi connectivity index (χ0n) is 14.4. The summed E-state index contributed by atoms with van der Waals surface area (Å²) in [4.78, 5) is 25.3. The highest BCUT2D eigenvalue weighted by atomic mass is 16.4. The van der Waals surface area contributed by atoms with Gasteiger partial charge in [-0.3, -0.25) is 4.79 Å². The van der Waals surface area contributed by atoms with Gasteiger partial charge in [0.25, 0.3) is 0 Å². The number of carboxylic acids is 1. The molecule has 130 valence electrons. The minimum absolute atomic E-state index is 0.0516. The number of rotatable bonds is 6. The Morgan fingerprint density at radius 2 is 1.88 bits per heavy atom. The monoisotopic (exact) mass is 330 g/mol. The number of fused-ring (bicyclic) bond motifs is 1. The van der Waals surface area contributed by atoms with Gasteiger partial charge in [-0.05, 0) is 35.7 Å². The van der Waals surface area contributed by atoms with E-state index in [1.54, 1.807) is 0 Å². The van der Waals surface area contributed by atoms with Crippen LogP contribution in [0.25, 0.3) is 0 Å². The molecule has 1 heterocycles. The molecular formula is C19H26N2O3. The van der Waals surface area contributed by atoms with E-state index in [2.05, 4.69) is 19.2 Å². The molecule has 2 amide bonds. The summed E-state index contributed by atoms with van der Waals surface area (Å²) in [6.07, 6.45) is 1.17. The van der Waals surface area contributed by atoms with Crippen molar-refractivity contribution in [1.82, 2.24) is 10.2 Å². The summed E-state index contributed by atoms with van der Waals surface area (Å²) in [6.45, 7) is 6.17. The summed E-state index contributed by atoms with van der Waals surface area (Å²) in [7, 11) is 0. The zero-order chi connectivity index (χ0) is 17.3. The first-order valence-corrected chi connectivity index (χ1v) is 8.69. The zero-order valence-corrected chi connectivity index (χ0v) is 14.4. The van der Waals surface area contributed by atoms with Gasteiger partial charge in [0.2, 0.25) is 0 Å². The van der Waals surface area contributed by atoms with Crippen molar-refractivity contribution in [2.75, 3.05) is 13.1 Å². The average Bonchev–Trinajstić information content (AvgIpc) is 2.92. The van der Waals surface area contributed by atoms with E-state index in [9.17, 15) is 9.59 Å². The van der Waals surface area contributed by atoms with E-state index in [1.165, 1.54) is 0 Å². The first-order valence-electron chi connectivity index (χ1n) is 8.69. The molecule has 0 bridgehead atoms. The van der Waals surface area contributed by atoms with Gasteiger partial charge in [-0.25, -0.2) is 4.79 Å². The predicted octanol–water partition coefficient (Wildman–Crippen LogP) is 2.76. The van der Waals surface area contributed by atoms with Crippen molar-refractivity contribution in [3.8, 4) is 0 Å². The number of likely N-dealkylation sites (tertiary alicyclic amines) is 1. The van der Waals surface area contributed by atoms with E-state index >= 15 is 0 Å². The fourth-order valence-corrected chi connectivity index (χ4v) is 3.99. The normalized spacial score (nSPS) is 25.0. The van der Waals surface area contributed by atoms with E-state index in [-0.39, 0.29) is 18.5 Å². The standard InChI is InChI=1S/C19H26N2O3/c1-19(2)15-11-21(12-16(15)19)18(24)20-14(8-9-17(22)23)10-13-6-4-3-5-7-13/h3-7,14-16H,8-12H2,1-2H3,(H,20,24)(H,22,23). The van der Waals surface area contributed by atoms with Crippen LogP contribution in [0.15, 0.2) is 30.3 Å². The Labute approximate surface area is 143 Å². The van der Waals surface area contributed by atoms with Gasteiger partial charge in [0.05, 0.1) is 0 Å². The molecule has 1 aromatic rings. The number of carboxylic acid groups (broad SMARTS) is 1. The molecule has 2 aliphatic rings. The lowest BCUT2D eigenvalue weighted by Crippen LogP contribution is -2.46. The topological polar surface area (TPSA) is 69.6 Å². The number of nitrogens with zero attached hydrogens (tertiary/aromatic N) is 1. The van der Waals surface area contributed by atoms with E-state index in [0.717, 1.165) is 18.7 Å². The summed E-state index contributed by atoms with van der Waals surface area (Å²) < 4.78 is 0. The number of hydrogen-bond donors (Lipinski definition) is 2. The molecule has 1 aliphatic carbocycles. The van der Waals surface area contributed by atoms with Gasteiger partial charge in [-0.15, -0.1) is 0 Å². The number of urea groups is 1. The molecule has 2 N–H and O–H groups in total. The first kappa shape index (κ1) is 16.8.